The molecular formula is C10H18N2O4. The maximum atomic E-state index is 10.5. The minimum absolute atomic E-state index is 0.500. The van der Waals surface area contributed by atoms with Crippen LogP contribution in [0, 0.1) is 0 Å². The summed E-state index contributed by atoms with van der Waals surface area (Å²) < 4.78 is 0. The molecule has 0 aromatic rings. The minimum Gasteiger partial charge on any atom is -0.480 e. The predicted octanol–water partition coefficient (Wildman–Crippen LogP) is -0.272. The molecule has 0 spiro atoms. The fourth-order valence-electron chi connectivity index (χ4n) is 1.32. The molecular weight excluding hydrogens is 212 g/mol. The third-order valence-corrected chi connectivity index (χ3v) is 3.19. The Hall–Kier alpha value is -1.14. The first kappa shape index (κ1) is 12.9. The van der Waals surface area contributed by atoms with Crippen LogP contribution in [0.15, 0.2) is 0 Å². The highest BCUT2D eigenvalue weighted by Gasteiger charge is 2.52. The number of likely N-dealkylation sites (N-methyl/N-ethyl adjacent to an activating group) is 1. The van der Waals surface area contributed by atoms with E-state index in [1.165, 1.54) is 0 Å². The van der Waals surface area contributed by atoms with Gasteiger partial charge in [0, 0.05) is 0 Å². The Morgan fingerprint density at radius 3 is 1.50 bits per heavy atom. The molecule has 0 aliphatic heterocycles. The quantitative estimate of drug-likeness (QED) is 0.616. The van der Waals surface area contributed by atoms with Gasteiger partial charge in [0.05, 0.1) is 0 Å². The SMILES string of the molecule is CN(C)C1(C(=O)O)CC1.NC1(C(=O)O)CC1. The second kappa shape index (κ2) is 4.03. The molecule has 2 rings (SSSR count). The number of hydrogen-bond acceptors (Lipinski definition) is 4. The van der Waals surface area contributed by atoms with E-state index >= 15 is 0 Å². The summed E-state index contributed by atoms with van der Waals surface area (Å²) in [5.41, 5.74) is 3.86. The molecule has 2 aliphatic carbocycles. The highest BCUT2D eigenvalue weighted by molar-refractivity contribution is 5.82. The summed E-state index contributed by atoms with van der Waals surface area (Å²) in [7, 11) is 3.61. The summed E-state index contributed by atoms with van der Waals surface area (Å²) in [6, 6.07) is 0. The van der Waals surface area contributed by atoms with Crippen LogP contribution in [-0.2, 0) is 9.59 Å². The van der Waals surface area contributed by atoms with Crippen molar-refractivity contribution in [1.29, 1.82) is 0 Å². The highest BCUT2D eigenvalue weighted by Crippen LogP contribution is 2.39. The summed E-state index contributed by atoms with van der Waals surface area (Å²) in [4.78, 5) is 22.2. The summed E-state index contributed by atoms with van der Waals surface area (Å²) in [5.74, 6) is -1.56. The van der Waals surface area contributed by atoms with Crippen LogP contribution in [0.3, 0.4) is 0 Å². The molecule has 0 aromatic heterocycles. The van der Waals surface area contributed by atoms with E-state index in [4.69, 9.17) is 15.9 Å². The minimum atomic E-state index is -0.868. The van der Waals surface area contributed by atoms with Crippen LogP contribution in [0.25, 0.3) is 0 Å². The average Bonchev–Trinajstić information content (AvgIpc) is 2.96. The Balaban J connectivity index is 0.000000165. The van der Waals surface area contributed by atoms with Crippen molar-refractivity contribution >= 4 is 11.9 Å². The number of nitrogens with zero attached hydrogens (tertiary/aromatic N) is 1. The van der Waals surface area contributed by atoms with Gasteiger partial charge in [-0.2, -0.15) is 0 Å². The van der Waals surface area contributed by atoms with Gasteiger partial charge in [0.15, 0.2) is 0 Å². The van der Waals surface area contributed by atoms with Crippen LogP contribution in [0.4, 0.5) is 0 Å². The van der Waals surface area contributed by atoms with Gasteiger partial charge in [0.1, 0.15) is 11.1 Å². The molecule has 0 heterocycles. The van der Waals surface area contributed by atoms with Gasteiger partial charge in [-0.3, -0.25) is 14.5 Å². The van der Waals surface area contributed by atoms with E-state index in [9.17, 15) is 9.59 Å². The van der Waals surface area contributed by atoms with Crippen LogP contribution >= 0.6 is 0 Å². The maximum Gasteiger partial charge on any atom is 0.324 e. The van der Waals surface area contributed by atoms with Gasteiger partial charge in [-0.25, -0.2) is 0 Å². The van der Waals surface area contributed by atoms with Crippen molar-refractivity contribution < 1.29 is 19.8 Å². The van der Waals surface area contributed by atoms with Gasteiger partial charge in [-0.1, -0.05) is 0 Å². The molecule has 2 saturated carbocycles. The van der Waals surface area contributed by atoms with E-state index in [1.807, 2.05) is 0 Å². The predicted molar refractivity (Wildman–Crippen MR) is 57.1 cm³/mol. The number of carbonyl (C=O) groups is 2. The first-order chi connectivity index (χ1) is 7.24. The Bertz CT molecular complexity index is 306. The lowest BCUT2D eigenvalue weighted by atomic mass is 10.2. The molecule has 92 valence electrons. The molecule has 0 bridgehead atoms. The summed E-state index contributed by atoms with van der Waals surface area (Å²) in [6.45, 7) is 0. The average molecular weight is 230 g/mol. The van der Waals surface area contributed by atoms with Crippen LogP contribution in [0.5, 0.6) is 0 Å². The van der Waals surface area contributed by atoms with Gasteiger partial charge in [0.2, 0.25) is 0 Å². The molecule has 0 atom stereocenters. The Kier molecular flexibility index (Phi) is 3.25. The monoisotopic (exact) mass is 230 g/mol. The molecule has 4 N–H and O–H groups in total. The largest absolute Gasteiger partial charge is 0.480 e. The molecule has 0 amide bonds. The van der Waals surface area contributed by atoms with E-state index in [0.717, 1.165) is 12.8 Å². The topological polar surface area (TPSA) is 104 Å². The molecule has 16 heavy (non-hydrogen) atoms. The first-order valence-electron chi connectivity index (χ1n) is 5.18. The third kappa shape index (κ3) is 2.51. The number of nitrogens with two attached hydrogens (primary N) is 1. The number of rotatable bonds is 3. The van der Waals surface area contributed by atoms with E-state index in [1.54, 1.807) is 19.0 Å². The smallest absolute Gasteiger partial charge is 0.324 e. The fraction of sp³-hybridized carbons (Fsp3) is 0.800. The van der Waals surface area contributed by atoms with Crippen LogP contribution in [0.1, 0.15) is 25.7 Å². The molecule has 0 saturated heterocycles. The van der Waals surface area contributed by atoms with E-state index in [0.29, 0.717) is 12.8 Å². The molecule has 2 aliphatic rings. The third-order valence-electron chi connectivity index (χ3n) is 3.19. The second-order valence-electron chi connectivity index (χ2n) is 4.69. The Labute approximate surface area is 94.0 Å². The van der Waals surface area contributed by atoms with Gasteiger partial charge in [-0.15, -0.1) is 0 Å². The van der Waals surface area contributed by atoms with E-state index < -0.39 is 23.0 Å². The molecule has 6 heteroatoms. The number of carboxylic acid groups (broad SMARTS) is 2. The maximum absolute atomic E-state index is 10.5. The molecule has 0 aromatic carbocycles. The van der Waals surface area contributed by atoms with Crippen molar-refractivity contribution in [1.82, 2.24) is 4.90 Å². The summed E-state index contributed by atoms with van der Waals surface area (Å²) in [5, 5.41) is 16.8. The number of carboxylic acids is 2. The van der Waals surface area contributed by atoms with Gasteiger partial charge < -0.3 is 15.9 Å². The fourth-order valence-corrected chi connectivity index (χ4v) is 1.32. The zero-order chi connectivity index (χ0) is 12.6. The molecule has 6 nitrogen and oxygen atoms in total. The lowest BCUT2D eigenvalue weighted by molar-refractivity contribution is -0.144. The summed E-state index contributed by atoms with van der Waals surface area (Å²) >= 11 is 0. The zero-order valence-corrected chi connectivity index (χ0v) is 9.56. The number of hydrogen-bond donors (Lipinski definition) is 3. The van der Waals surface area contributed by atoms with Gasteiger partial charge in [-0.05, 0) is 39.8 Å². The lowest BCUT2D eigenvalue weighted by Gasteiger charge is -2.17. The Morgan fingerprint density at radius 1 is 1.06 bits per heavy atom. The molecule has 0 unspecified atom stereocenters. The molecule has 2 fully saturated rings. The normalized spacial score (nSPS) is 23.0. The van der Waals surface area contributed by atoms with Crippen molar-refractivity contribution in [3.63, 3.8) is 0 Å². The van der Waals surface area contributed by atoms with Crippen LogP contribution < -0.4 is 5.73 Å². The van der Waals surface area contributed by atoms with Crippen molar-refractivity contribution in [2.45, 2.75) is 36.8 Å². The van der Waals surface area contributed by atoms with E-state index in [-0.39, 0.29) is 0 Å². The van der Waals surface area contributed by atoms with E-state index in [2.05, 4.69) is 0 Å². The van der Waals surface area contributed by atoms with Gasteiger partial charge >= 0.3 is 11.9 Å². The summed E-state index contributed by atoms with van der Waals surface area (Å²) in [6.07, 6.45) is 2.88. The number of aliphatic carboxylic acids is 2. The highest BCUT2D eigenvalue weighted by atomic mass is 16.4. The van der Waals surface area contributed by atoms with Gasteiger partial charge in [0.25, 0.3) is 0 Å². The van der Waals surface area contributed by atoms with Crippen molar-refractivity contribution in [3.05, 3.63) is 0 Å². The Morgan fingerprint density at radius 2 is 1.50 bits per heavy atom. The van der Waals surface area contributed by atoms with Crippen LogP contribution in [0.2, 0.25) is 0 Å². The first-order valence-corrected chi connectivity index (χ1v) is 5.18. The molecule has 0 radical (unpaired) electrons. The standard InChI is InChI=1S/C6H11NO2.C4H7NO2/c1-7(2)6(3-4-6)5(8)9;5-4(1-2-4)3(6)7/h3-4H2,1-2H3,(H,8,9);1-2,5H2,(H,6,7). The van der Waals surface area contributed by atoms with Crippen molar-refractivity contribution in [2.75, 3.05) is 14.1 Å². The zero-order valence-electron chi connectivity index (χ0n) is 9.56. The second-order valence-corrected chi connectivity index (χ2v) is 4.69. The lowest BCUT2D eigenvalue weighted by Crippen LogP contribution is -2.37. The van der Waals surface area contributed by atoms with Crippen LogP contribution in [-0.4, -0.2) is 52.2 Å². The van der Waals surface area contributed by atoms with Crippen molar-refractivity contribution in [3.8, 4) is 0 Å². The van der Waals surface area contributed by atoms with Crippen molar-refractivity contribution in [2.24, 2.45) is 5.73 Å².